The van der Waals surface area contributed by atoms with Gasteiger partial charge in [-0.05, 0) is 23.6 Å². The number of benzene rings is 1. The molecule has 1 aromatic rings. The van der Waals surface area contributed by atoms with Crippen LogP contribution in [0, 0.1) is 0 Å². The molecule has 17 heavy (non-hydrogen) atoms. The molecule has 1 rings (SSSR count). The smallest absolute Gasteiger partial charge is 0.234 e. The lowest BCUT2D eigenvalue weighted by molar-refractivity contribution is -0.119. The zero-order valence-electron chi connectivity index (χ0n) is 10.3. The van der Waals surface area contributed by atoms with Crippen molar-refractivity contribution in [1.29, 1.82) is 0 Å². The third-order valence-corrected chi connectivity index (χ3v) is 2.61. The fourth-order valence-electron chi connectivity index (χ4n) is 1.39. The Balaban J connectivity index is 2.40. The van der Waals surface area contributed by atoms with Gasteiger partial charge >= 0.3 is 0 Å². The van der Waals surface area contributed by atoms with Crippen LogP contribution >= 0.6 is 0 Å². The summed E-state index contributed by atoms with van der Waals surface area (Å²) in [5.41, 5.74) is 11.8. The second-order valence-electron chi connectivity index (χ2n) is 4.37. The summed E-state index contributed by atoms with van der Waals surface area (Å²) in [5.74, 6) is 0.794. The van der Waals surface area contributed by atoms with Gasteiger partial charge in [-0.2, -0.15) is 0 Å². The van der Waals surface area contributed by atoms with Crippen LogP contribution in [0.2, 0.25) is 0 Å². The van der Waals surface area contributed by atoms with E-state index in [1.54, 1.807) is 0 Å². The zero-order chi connectivity index (χ0) is 12.8. The van der Waals surface area contributed by atoms with Gasteiger partial charge in [0.25, 0.3) is 0 Å². The lowest BCUT2D eigenvalue weighted by atomic mass is 10.0. The Labute approximate surface area is 102 Å². The minimum absolute atomic E-state index is 0.394. The third-order valence-electron chi connectivity index (χ3n) is 2.61. The van der Waals surface area contributed by atoms with E-state index < -0.39 is 11.9 Å². The van der Waals surface area contributed by atoms with Crippen LogP contribution in [0.3, 0.4) is 0 Å². The van der Waals surface area contributed by atoms with Crippen LogP contribution in [-0.2, 0) is 4.79 Å². The van der Waals surface area contributed by atoms with Crippen molar-refractivity contribution in [3.63, 3.8) is 0 Å². The van der Waals surface area contributed by atoms with Crippen molar-refractivity contribution in [2.45, 2.75) is 32.2 Å². The largest absolute Gasteiger partial charge is 0.494 e. The molecule has 0 saturated heterocycles. The first kappa shape index (κ1) is 13.5. The van der Waals surface area contributed by atoms with Crippen LogP contribution < -0.4 is 16.2 Å². The maximum Gasteiger partial charge on any atom is 0.234 e. The lowest BCUT2D eigenvalue weighted by Gasteiger charge is -2.10. The van der Waals surface area contributed by atoms with Gasteiger partial charge in [0.2, 0.25) is 5.91 Å². The summed E-state index contributed by atoms with van der Waals surface area (Å²) in [7, 11) is 0. The Kier molecular flexibility index (Phi) is 4.97. The van der Waals surface area contributed by atoms with E-state index in [1.165, 1.54) is 5.56 Å². The van der Waals surface area contributed by atoms with Crippen molar-refractivity contribution in [3.05, 3.63) is 29.8 Å². The SMILES string of the molecule is CC(C)c1ccc(OCCC(N)C(N)=O)cc1. The van der Waals surface area contributed by atoms with Crippen LogP contribution in [0.5, 0.6) is 5.75 Å². The summed E-state index contributed by atoms with van der Waals surface area (Å²) in [6, 6.07) is 7.28. The monoisotopic (exact) mass is 236 g/mol. The molecule has 0 aliphatic carbocycles. The van der Waals surface area contributed by atoms with Gasteiger partial charge in [-0.3, -0.25) is 4.79 Å². The minimum atomic E-state index is -0.634. The molecule has 1 amide bonds. The van der Waals surface area contributed by atoms with Gasteiger partial charge in [-0.25, -0.2) is 0 Å². The van der Waals surface area contributed by atoms with Crippen LogP contribution in [0.15, 0.2) is 24.3 Å². The molecule has 0 spiro atoms. The highest BCUT2D eigenvalue weighted by molar-refractivity contribution is 5.79. The van der Waals surface area contributed by atoms with Crippen LogP contribution in [0.25, 0.3) is 0 Å². The number of hydrogen-bond donors (Lipinski definition) is 2. The molecule has 4 nitrogen and oxygen atoms in total. The van der Waals surface area contributed by atoms with E-state index in [1.807, 2.05) is 24.3 Å². The lowest BCUT2D eigenvalue weighted by Crippen LogP contribution is -2.37. The molecular weight excluding hydrogens is 216 g/mol. The highest BCUT2D eigenvalue weighted by atomic mass is 16.5. The van der Waals surface area contributed by atoms with E-state index in [-0.39, 0.29) is 0 Å². The number of ether oxygens (including phenoxy) is 1. The second kappa shape index (κ2) is 6.25. The molecule has 0 aliphatic rings. The van der Waals surface area contributed by atoms with Crippen molar-refractivity contribution in [1.82, 2.24) is 0 Å². The first-order chi connectivity index (χ1) is 8.00. The van der Waals surface area contributed by atoms with E-state index in [9.17, 15) is 4.79 Å². The fourth-order valence-corrected chi connectivity index (χ4v) is 1.39. The maximum absolute atomic E-state index is 10.7. The average molecular weight is 236 g/mol. The zero-order valence-corrected chi connectivity index (χ0v) is 10.3. The van der Waals surface area contributed by atoms with Crippen molar-refractivity contribution >= 4 is 5.91 Å². The highest BCUT2D eigenvalue weighted by Crippen LogP contribution is 2.18. The Bertz CT molecular complexity index is 360. The molecule has 94 valence electrons. The summed E-state index contributed by atoms with van der Waals surface area (Å²) in [6.07, 6.45) is 0.432. The van der Waals surface area contributed by atoms with E-state index in [2.05, 4.69) is 13.8 Å². The fraction of sp³-hybridized carbons (Fsp3) is 0.462. The normalized spacial score (nSPS) is 12.5. The molecule has 1 atom stereocenters. The van der Waals surface area contributed by atoms with Crippen molar-refractivity contribution in [3.8, 4) is 5.75 Å². The minimum Gasteiger partial charge on any atom is -0.494 e. The number of primary amides is 1. The van der Waals surface area contributed by atoms with Gasteiger partial charge in [0.1, 0.15) is 5.75 Å². The predicted molar refractivity (Wildman–Crippen MR) is 67.8 cm³/mol. The topological polar surface area (TPSA) is 78.3 Å². The quantitative estimate of drug-likeness (QED) is 0.783. The molecule has 0 heterocycles. The van der Waals surface area contributed by atoms with E-state index in [4.69, 9.17) is 16.2 Å². The van der Waals surface area contributed by atoms with Gasteiger partial charge in [0.15, 0.2) is 0 Å². The van der Waals surface area contributed by atoms with Crippen LogP contribution in [0.1, 0.15) is 31.7 Å². The summed E-state index contributed by atoms with van der Waals surface area (Å²) in [5, 5.41) is 0. The first-order valence-corrected chi connectivity index (χ1v) is 5.78. The molecule has 1 aromatic carbocycles. The number of amides is 1. The molecule has 0 fully saturated rings. The molecule has 0 aromatic heterocycles. The van der Waals surface area contributed by atoms with Gasteiger partial charge in [-0.1, -0.05) is 26.0 Å². The van der Waals surface area contributed by atoms with Gasteiger partial charge in [0.05, 0.1) is 12.6 Å². The number of carbonyl (C=O) groups excluding carboxylic acids is 1. The summed E-state index contributed by atoms with van der Waals surface area (Å²) < 4.78 is 5.47. The standard InChI is InChI=1S/C13H20N2O2/c1-9(2)10-3-5-11(6-4-10)17-8-7-12(14)13(15)16/h3-6,9,12H,7-8,14H2,1-2H3,(H2,15,16). The predicted octanol–water partition coefficient (Wildman–Crippen LogP) is 1.39. The van der Waals surface area contributed by atoms with Crippen molar-refractivity contribution in [2.24, 2.45) is 11.5 Å². The maximum atomic E-state index is 10.7. The molecule has 1 unspecified atom stereocenters. The molecule has 4 heteroatoms. The Hall–Kier alpha value is -1.55. The van der Waals surface area contributed by atoms with E-state index in [0.29, 0.717) is 18.9 Å². The Morgan fingerprint density at radius 2 is 1.88 bits per heavy atom. The van der Waals surface area contributed by atoms with Gasteiger partial charge < -0.3 is 16.2 Å². The highest BCUT2D eigenvalue weighted by Gasteiger charge is 2.08. The van der Waals surface area contributed by atoms with E-state index >= 15 is 0 Å². The molecule has 0 saturated carbocycles. The van der Waals surface area contributed by atoms with Crippen molar-refractivity contribution in [2.75, 3.05) is 6.61 Å². The summed E-state index contributed by atoms with van der Waals surface area (Å²) >= 11 is 0. The Morgan fingerprint density at radius 3 is 2.35 bits per heavy atom. The first-order valence-electron chi connectivity index (χ1n) is 5.78. The molecule has 4 N–H and O–H groups in total. The number of nitrogens with two attached hydrogens (primary N) is 2. The summed E-state index contributed by atoms with van der Waals surface area (Å²) in [6.45, 7) is 4.68. The molecule has 0 bridgehead atoms. The number of carbonyl (C=O) groups is 1. The average Bonchev–Trinajstić information content (AvgIpc) is 2.29. The van der Waals surface area contributed by atoms with E-state index in [0.717, 1.165) is 5.75 Å². The van der Waals surface area contributed by atoms with Crippen molar-refractivity contribution < 1.29 is 9.53 Å². The van der Waals surface area contributed by atoms with Gasteiger partial charge in [0, 0.05) is 6.42 Å². The van der Waals surface area contributed by atoms with Gasteiger partial charge in [-0.15, -0.1) is 0 Å². The summed E-state index contributed by atoms with van der Waals surface area (Å²) in [4.78, 5) is 10.7. The van der Waals surface area contributed by atoms with Crippen LogP contribution in [-0.4, -0.2) is 18.6 Å². The third kappa shape index (κ3) is 4.44. The molecular formula is C13H20N2O2. The molecule has 0 aliphatic heterocycles. The number of hydrogen-bond acceptors (Lipinski definition) is 3. The molecule has 0 radical (unpaired) electrons. The second-order valence-corrected chi connectivity index (χ2v) is 4.37. The number of rotatable bonds is 6. The Morgan fingerprint density at radius 1 is 1.29 bits per heavy atom. The van der Waals surface area contributed by atoms with Crippen LogP contribution in [0.4, 0.5) is 0 Å².